The number of hydrogen-bond donors (Lipinski definition) is 2. The number of carbonyl (C=O) groups is 2. The van der Waals surface area contributed by atoms with Gasteiger partial charge in [0.2, 0.25) is 0 Å². The van der Waals surface area contributed by atoms with Crippen LogP contribution in [0.3, 0.4) is 0 Å². The highest BCUT2D eigenvalue weighted by atomic mass is 35.5. The lowest BCUT2D eigenvalue weighted by Crippen LogP contribution is -2.46. The molecule has 0 fully saturated rings. The molecule has 2 rings (SSSR count). The number of ether oxygens (including phenoxy) is 1. The van der Waals surface area contributed by atoms with Crippen molar-refractivity contribution in [2.24, 2.45) is 0 Å². The molecule has 2 N–H and O–H groups in total. The number of nitrogens with one attached hydrogen (secondary N) is 2. The van der Waals surface area contributed by atoms with Crippen molar-refractivity contribution in [2.45, 2.75) is 13.0 Å². The third-order valence-electron chi connectivity index (χ3n) is 2.99. The summed E-state index contributed by atoms with van der Waals surface area (Å²) >= 11 is 5.79. The first-order valence-electron chi connectivity index (χ1n) is 6.36. The van der Waals surface area contributed by atoms with Gasteiger partial charge in [-0.05, 0) is 24.6 Å². The average Bonchev–Trinajstić information content (AvgIpc) is 2.47. The summed E-state index contributed by atoms with van der Waals surface area (Å²) in [7, 11) is 0. The summed E-state index contributed by atoms with van der Waals surface area (Å²) in [5.41, 5.74) is 1.07. The number of urea groups is 1. The topological polar surface area (TPSA) is 67.4 Å². The molecule has 0 saturated heterocycles. The first-order chi connectivity index (χ1) is 10.1. The molecule has 0 radical (unpaired) electrons. The highest BCUT2D eigenvalue weighted by Gasteiger charge is 2.33. The van der Waals surface area contributed by atoms with Crippen molar-refractivity contribution in [3.05, 3.63) is 46.9 Å². The number of rotatable bonds is 4. The van der Waals surface area contributed by atoms with Gasteiger partial charge in [0.1, 0.15) is 5.82 Å². The van der Waals surface area contributed by atoms with E-state index >= 15 is 0 Å². The highest BCUT2D eigenvalue weighted by Crippen LogP contribution is 2.28. The average molecular weight is 313 g/mol. The molecule has 0 unspecified atom stereocenters. The highest BCUT2D eigenvalue weighted by molar-refractivity contribution is 6.20. The van der Waals surface area contributed by atoms with E-state index in [4.69, 9.17) is 16.3 Å². The lowest BCUT2D eigenvalue weighted by atomic mass is 9.95. The summed E-state index contributed by atoms with van der Waals surface area (Å²) in [6, 6.07) is 4.30. The van der Waals surface area contributed by atoms with Gasteiger partial charge in [-0.1, -0.05) is 12.1 Å². The summed E-state index contributed by atoms with van der Waals surface area (Å²) in [5, 5.41) is 5.11. The molecule has 2 amide bonds. The zero-order chi connectivity index (χ0) is 15.4. The van der Waals surface area contributed by atoms with Crippen LogP contribution in [0, 0.1) is 5.82 Å². The Morgan fingerprint density at radius 3 is 2.62 bits per heavy atom. The molecule has 1 aromatic rings. The van der Waals surface area contributed by atoms with Crippen LogP contribution in [0.5, 0.6) is 0 Å². The summed E-state index contributed by atoms with van der Waals surface area (Å²) in [5.74, 6) is -1.02. The Balaban J connectivity index is 2.46. The lowest BCUT2D eigenvalue weighted by Gasteiger charge is -2.28. The molecule has 0 bridgehead atoms. The number of halogens is 2. The Morgan fingerprint density at radius 2 is 2.05 bits per heavy atom. The van der Waals surface area contributed by atoms with Gasteiger partial charge in [0, 0.05) is 5.70 Å². The second-order valence-electron chi connectivity index (χ2n) is 4.33. The zero-order valence-electron chi connectivity index (χ0n) is 11.3. The maximum absolute atomic E-state index is 13.0. The maximum Gasteiger partial charge on any atom is 0.338 e. The van der Waals surface area contributed by atoms with Crippen LogP contribution in [-0.4, -0.2) is 24.5 Å². The molecule has 21 heavy (non-hydrogen) atoms. The molecule has 1 heterocycles. The van der Waals surface area contributed by atoms with E-state index in [2.05, 4.69) is 10.6 Å². The van der Waals surface area contributed by atoms with Crippen LogP contribution in [-0.2, 0) is 9.53 Å². The number of benzene rings is 1. The van der Waals surface area contributed by atoms with Crippen molar-refractivity contribution in [1.29, 1.82) is 0 Å². The minimum absolute atomic E-state index is 0.0424. The molecule has 7 heteroatoms. The largest absolute Gasteiger partial charge is 0.463 e. The molecule has 1 aliphatic heterocycles. The Morgan fingerprint density at radius 1 is 1.38 bits per heavy atom. The Labute approximate surface area is 126 Å². The molecule has 1 atom stereocenters. The number of carbonyl (C=O) groups excluding carboxylic acids is 2. The van der Waals surface area contributed by atoms with E-state index in [1.54, 1.807) is 6.92 Å². The van der Waals surface area contributed by atoms with E-state index in [1.807, 2.05) is 0 Å². The standard InChI is InChI=1S/C14H14ClFN2O3/c1-2-21-13(19)11-10(7-15)17-14(20)18-12(11)8-3-5-9(16)6-4-8/h3-6,12H,2,7H2,1H3,(H2,17,18,20)/t12-/m0/s1. The minimum atomic E-state index is -0.729. The van der Waals surface area contributed by atoms with Gasteiger partial charge < -0.3 is 15.4 Å². The third kappa shape index (κ3) is 3.33. The first kappa shape index (κ1) is 15.3. The van der Waals surface area contributed by atoms with Crippen LogP contribution in [0.2, 0.25) is 0 Å². The number of hydrogen-bond acceptors (Lipinski definition) is 3. The first-order valence-corrected chi connectivity index (χ1v) is 6.89. The molecular weight excluding hydrogens is 299 g/mol. The molecule has 0 aliphatic carbocycles. The smallest absolute Gasteiger partial charge is 0.338 e. The van der Waals surface area contributed by atoms with Crippen molar-refractivity contribution in [3.8, 4) is 0 Å². The van der Waals surface area contributed by atoms with Gasteiger partial charge in [0.05, 0.1) is 24.1 Å². The summed E-state index contributed by atoms with van der Waals surface area (Å²) in [4.78, 5) is 23.8. The van der Waals surface area contributed by atoms with Crippen LogP contribution >= 0.6 is 11.6 Å². The summed E-state index contributed by atoms with van der Waals surface area (Å²) in [6.45, 7) is 1.88. The Bertz CT molecular complexity index is 586. The van der Waals surface area contributed by atoms with Crippen LogP contribution in [0.25, 0.3) is 0 Å². The number of amides is 2. The van der Waals surface area contributed by atoms with E-state index in [0.717, 1.165) is 0 Å². The fraction of sp³-hybridized carbons (Fsp3) is 0.286. The molecule has 0 saturated carbocycles. The number of allylic oxidation sites excluding steroid dienone is 1. The van der Waals surface area contributed by atoms with Gasteiger partial charge in [-0.15, -0.1) is 11.6 Å². The summed E-state index contributed by atoms with van der Waals surface area (Å²) < 4.78 is 18.0. The van der Waals surface area contributed by atoms with Gasteiger partial charge in [-0.2, -0.15) is 0 Å². The Hall–Kier alpha value is -2.08. The third-order valence-corrected chi connectivity index (χ3v) is 3.25. The van der Waals surface area contributed by atoms with Crippen LogP contribution < -0.4 is 10.6 Å². The van der Waals surface area contributed by atoms with Crippen LogP contribution in [0.1, 0.15) is 18.5 Å². The summed E-state index contributed by atoms with van der Waals surface area (Å²) in [6.07, 6.45) is 0. The van der Waals surface area contributed by atoms with Crippen molar-refractivity contribution < 1.29 is 18.7 Å². The van der Waals surface area contributed by atoms with E-state index in [0.29, 0.717) is 5.56 Å². The molecular formula is C14H14ClFN2O3. The monoisotopic (exact) mass is 312 g/mol. The molecule has 0 aromatic heterocycles. The molecule has 5 nitrogen and oxygen atoms in total. The maximum atomic E-state index is 13.0. The molecule has 1 aliphatic rings. The van der Waals surface area contributed by atoms with E-state index in [1.165, 1.54) is 24.3 Å². The lowest BCUT2D eigenvalue weighted by molar-refractivity contribution is -0.139. The second kappa shape index (κ2) is 6.58. The minimum Gasteiger partial charge on any atom is -0.463 e. The van der Waals surface area contributed by atoms with Gasteiger partial charge in [-0.3, -0.25) is 0 Å². The number of esters is 1. The predicted molar refractivity (Wildman–Crippen MR) is 75.2 cm³/mol. The normalized spacial score (nSPS) is 18.0. The van der Waals surface area contributed by atoms with Gasteiger partial charge in [0.15, 0.2) is 0 Å². The van der Waals surface area contributed by atoms with E-state index < -0.39 is 23.9 Å². The van der Waals surface area contributed by atoms with E-state index in [-0.39, 0.29) is 23.8 Å². The van der Waals surface area contributed by atoms with Gasteiger partial charge in [-0.25, -0.2) is 14.0 Å². The van der Waals surface area contributed by atoms with Crippen LogP contribution in [0.15, 0.2) is 35.5 Å². The van der Waals surface area contributed by atoms with Crippen molar-refractivity contribution in [1.82, 2.24) is 10.6 Å². The fourth-order valence-electron chi connectivity index (χ4n) is 2.08. The Kier molecular flexibility index (Phi) is 4.80. The van der Waals surface area contributed by atoms with Crippen molar-refractivity contribution in [3.63, 3.8) is 0 Å². The fourth-order valence-corrected chi connectivity index (χ4v) is 2.29. The van der Waals surface area contributed by atoms with Gasteiger partial charge in [0.25, 0.3) is 0 Å². The van der Waals surface area contributed by atoms with Gasteiger partial charge >= 0.3 is 12.0 Å². The number of alkyl halides is 1. The SMILES string of the molecule is CCOC(=O)C1=C(CCl)NC(=O)N[C@H]1c1ccc(F)cc1. The molecule has 0 spiro atoms. The van der Waals surface area contributed by atoms with E-state index in [9.17, 15) is 14.0 Å². The van der Waals surface area contributed by atoms with Crippen molar-refractivity contribution in [2.75, 3.05) is 12.5 Å². The second-order valence-corrected chi connectivity index (χ2v) is 4.60. The predicted octanol–water partition coefficient (Wildman–Crippen LogP) is 2.24. The zero-order valence-corrected chi connectivity index (χ0v) is 12.0. The van der Waals surface area contributed by atoms with Crippen molar-refractivity contribution >= 4 is 23.6 Å². The quantitative estimate of drug-likeness (QED) is 0.662. The van der Waals surface area contributed by atoms with Crippen LogP contribution in [0.4, 0.5) is 9.18 Å². The molecule has 1 aromatic carbocycles. The molecule has 112 valence electrons.